The molecule has 4 amide bonds. The number of carbonyl (C=O) groups excluding carboxylic acids is 4. The first-order valence-corrected chi connectivity index (χ1v) is 8.89. The molecule has 3 unspecified atom stereocenters. The molecule has 13 heteroatoms. The lowest BCUT2D eigenvalue weighted by Crippen LogP contribution is -2.56. The van der Waals surface area contributed by atoms with Crippen LogP contribution in [-0.2, 0) is 28.8 Å². The summed E-state index contributed by atoms with van der Waals surface area (Å²) >= 11 is 0. The molecular weight excluding hydrogens is 390 g/mol. The first-order valence-electron chi connectivity index (χ1n) is 8.89. The number of carboxylic acids is 2. The number of aliphatic carboxylic acids is 2. The highest BCUT2D eigenvalue weighted by atomic mass is 16.4. The van der Waals surface area contributed by atoms with Crippen LogP contribution in [0.15, 0.2) is 0 Å². The van der Waals surface area contributed by atoms with Gasteiger partial charge in [0.2, 0.25) is 23.6 Å². The fourth-order valence-electron chi connectivity index (χ4n) is 2.90. The van der Waals surface area contributed by atoms with Gasteiger partial charge in [0.1, 0.15) is 18.6 Å². The Kier molecular flexibility index (Phi) is 8.99. The van der Waals surface area contributed by atoms with Crippen molar-refractivity contribution in [3.8, 4) is 0 Å². The fraction of sp³-hybridized carbons (Fsp3) is 0.625. The molecule has 162 valence electrons. The zero-order chi connectivity index (χ0) is 22.1. The summed E-state index contributed by atoms with van der Waals surface area (Å²) in [6.07, 6.45) is -0.403. The van der Waals surface area contributed by atoms with Crippen LogP contribution in [0.5, 0.6) is 0 Å². The Balaban J connectivity index is 2.89. The van der Waals surface area contributed by atoms with Crippen molar-refractivity contribution in [1.29, 1.82) is 0 Å². The highest BCUT2D eigenvalue weighted by Crippen LogP contribution is 2.19. The van der Waals surface area contributed by atoms with Gasteiger partial charge in [-0.2, -0.15) is 0 Å². The van der Waals surface area contributed by atoms with Crippen molar-refractivity contribution in [2.45, 2.75) is 50.2 Å². The van der Waals surface area contributed by atoms with E-state index in [-0.39, 0.29) is 19.4 Å². The Hall–Kier alpha value is -3.22. The van der Waals surface area contributed by atoms with Crippen LogP contribution in [0.2, 0.25) is 0 Å². The van der Waals surface area contributed by atoms with Crippen molar-refractivity contribution in [3.63, 3.8) is 0 Å². The van der Waals surface area contributed by atoms with Gasteiger partial charge >= 0.3 is 11.9 Å². The zero-order valence-electron chi connectivity index (χ0n) is 15.6. The van der Waals surface area contributed by atoms with Gasteiger partial charge in [0.25, 0.3) is 0 Å². The molecule has 0 aromatic rings. The predicted octanol–water partition coefficient (Wildman–Crippen LogP) is -3.27. The van der Waals surface area contributed by atoms with Crippen LogP contribution in [0.4, 0.5) is 0 Å². The number of rotatable bonds is 11. The summed E-state index contributed by atoms with van der Waals surface area (Å²) in [5.74, 6) is -5.49. The van der Waals surface area contributed by atoms with E-state index in [0.29, 0.717) is 6.42 Å². The lowest BCUT2D eigenvalue weighted by atomic mass is 10.1. The number of carbonyl (C=O) groups is 6. The van der Waals surface area contributed by atoms with Gasteiger partial charge in [-0.15, -0.1) is 0 Å². The molecule has 1 fully saturated rings. The summed E-state index contributed by atoms with van der Waals surface area (Å²) in [6, 6.07) is -3.54. The molecule has 3 atom stereocenters. The highest BCUT2D eigenvalue weighted by Gasteiger charge is 2.38. The normalized spacial score (nSPS) is 17.8. The van der Waals surface area contributed by atoms with E-state index in [2.05, 4.69) is 10.6 Å². The third-order valence-electron chi connectivity index (χ3n) is 4.27. The van der Waals surface area contributed by atoms with Crippen molar-refractivity contribution < 1.29 is 39.0 Å². The van der Waals surface area contributed by atoms with Gasteiger partial charge in [-0.25, -0.2) is 0 Å². The monoisotopic (exact) mass is 415 g/mol. The van der Waals surface area contributed by atoms with E-state index in [0.717, 1.165) is 0 Å². The van der Waals surface area contributed by atoms with Gasteiger partial charge in [0.15, 0.2) is 0 Å². The van der Waals surface area contributed by atoms with Crippen LogP contribution in [0.25, 0.3) is 0 Å². The molecule has 0 aromatic carbocycles. The number of likely N-dealkylation sites (tertiary alicyclic amines) is 1. The summed E-state index contributed by atoms with van der Waals surface area (Å²) in [5, 5.41) is 22.1. The van der Waals surface area contributed by atoms with Crippen LogP contribution >= 0.6 is 0 Å². The molecule has 0 bridgehead atoms. The molecule has 1 saturated heterocycles. The third kappa shape index (κ3) is 7.73. The van der Waals surface area contributed by atoms with Crippen molar-refractivity contribution in [2.75, 3.05) is 13.1 Å². The van der Waals surface area contributed by atoms with E-state index in [1.807, 2.05) is 0 Å². The molecule has 0 aromatic heterocycles. The minimum atomic E-state index is -1.32. The van der Waals surface area contributed by atoms with Crippen LogP contribution < -0.4 is 22.1 Å². The predicted molar refractivity (Wildman–Crippen MR) is 96.0 cm³/mol. The van der Waals surface area contributed by atoms with E-state index >= 15 is 0 Å². The van der Waals surface area contributed by atoms with Gasteiger partial charge in [0.05, 0.1) is 12.5 Å². The fourth-order valence-corrected chi connectivity index (χ4v) is 2.90. The number of amides is 4. The summed E-state index contributed by atoms with van der Waals surface area (Å²) in [4.78, 5) is 70.8. The van der Waals surface area contributed by atoms with Gasteiger partial charge < -0.3 is 37.2 Å². The van der Waals surface area contributed by atoms with Gasteiger partial charge in [-0.05, 0) is 19.3 Å². The van der Waals surface area contributed by atoms with E-state index < -0.39 is 73.1 Å². The molecule has 0 aliphatic carbocycles. The van der Waals surface area contributed by atoms with Crippen molar-refractivity contribution in [1.82, 2.24) is 15.5 Å². The standard InChI is InChI=1S/C16H25N5O8/c17-8(6-11(18)22)14(27)20-9(3-4-12(23)24)16(29)21-5-1-2-10(21)15(28)19-7-13(25)26/h8-10H,1-7,17H2,(H2,18,22)(H,19,28)(H,20,27)(H,23,24)(H,25,26). The summed E-state index contributed by atoms with van der Waals surface area (Å²) in [7, 11) is 0. The Bertz CT molecular complexity index is 682. The van der Waals surface area contributed by atoms with Crippen molar-refractivity contribution in [2.24, 2.45) is 11.5 Å². The SMILES string of the molecule is NC(=O)CC(N)C(=O)NC(CCC(=O)O)C(=O)N1CCCC1C(=O)NCC(=O)O. The topological polar surface area (TPSA) is 222 Å². The maximum atomic E-state index is 12.9. The van der Waals surface area contributed by atoms with Crippen LogP contribution in [-0.4, -0.2) is 81.9 Å². The number of nitrogens with one attached hydrogen (secondary N) is 2. The Labute approximate surface area is 165 Å². The molecule has 29 heavy (non-hydrogen) atoms. The van der Waals surface area contributed by atoms with E-state index in [4.69, 9.17) is 21.7 Å². The highest BCUT2D eigenvalue weighted by molar-refractivity contribution is 5.95. The molecule has 0 spiro atoms. The molecule has 13 nitrogen and oxygen atoms in total. The molecule has 0 radical (unpaired) electrons. The molecular formula is C16H25N5O8. The molecule has 0 saturated carbocycles. The van der Waals surface area contributed by atoms with Crippen molar-refractivity contribution in [3.05, 3.63) is 0 Å². The summed E-state index contributed by atoms with van der Waals surface area (Å²) in [5.41, 5.74) is 10.5. The number of nitrogens with two attached hydrogens (primary N) is 2. The maximum absolute atomic E-state index is 12.9. The van der Waals surface area contributed by atoms with Gasteiger partial charge in [0, 0.05) is 13.0 Å². The average Bonchev–Trinajstić information content (AvgIpc) is 3.11. The average molecular weight is 415 g/mol. The maximum Gasteiger partial charge on any atom is 0.322 e. The second kappa shape index (κ2) is 10.9. The van der Waals surface area contributed by atoms with Crippen LogP contribution in [0.1, 0.15) is 32.1 Å². The Morgan fingerprint density at radius 1 is 1.10 bits per heavy atom. The first kappa shape index (κ1) is 23.8. The second-order valence-corrected chi connectivity index (χ2v) is 6.57. The molecule has 8 N–H and O–H groups in total. The quantitative estimate of drug-likeness (QED) is 0.199. The minimum absolute atomic E-state index is 0.177. The second-order valence-electron chi connectivity index (χ2n) is 6.57. The molecule has 1 aliphatic rings. The van der Waals surface area contributed by atoms with Gasteiger partial charge in [-0.1, -0.05) is 0 Å². The lowest BCUT2D eigenvalue weighted by Gasteiger charge is -2.29. The molecule has 1 aliphatic heterocycles. The van der Waals surface area contributed by atoms with Crippen LogP contribution in [0.3, 0.4) is 0 Å². The number of hydrogen-bond donors (Lipinski definition) is 6. The molecule has 1 rings (SSSR count). The van der Waals surface area contributed by atoms with E-state index in [1.165, 1.54) is 4.90 Å². The van der Waals surface area contributed by atoms with Crippen molar-refractivity contribution >= 4 is 35.6 Å². The zero-order valence-corrected chi connectivity index (χ0v) is 15.6. The first-order chi connectivity index (χ1) is 13.5. The van der Waals surface area contributed by atoms with Gasteiger partial charge in [-0.3, -0.25) is 28.8 Å². The minimum Gasteiger partial charge on any atom is -0.481 e. The van der Waals surface area contributed by atoms with E-state index in [9.17, 15) is 28.8 Å². The Morgan fingerprint density at radius 2 is 1.76 bits per heavy atom. The van der Waals surface area contributed by atoms with Crippen LogP contribution in [0, 0.1) is 0 Å². The summed E-state index contributed by atoms with van der Waals surface area (Å²) in [6.45, 7) is -0.435. The number of nitrogens with zero attached hydrogens (tertiary/aromatic N) is 1. The molecule has 1 heterocycles. The van der Waals surface area contributed by atoms with E-state index in [1.54, 1.807) is 0 Å². The lowest BCUT2D eigenvalue weighted by molar-refractivity contribution is -0.143. The number of hydrogen-bond acceptors (Lipinski definition) is 7. The number of primary amides is 1. The largest absolute Gasteiger partial charge is 0.481 e. The Morgan fingerprint density at radius 3 is 2.31 bits per heavy atom. The third-order valence-corrected chi connectivity index (χ3v) is 4.27. The number of carboxylic acid groups (broad SMARTS) is 2. The smallest absolute Gasteiger partial charge is 0.322 e. The summed E-state index contributed by atoms with van der Waals surface area (Å²) < 4.78 is 0.